The molecule has 7 nitrogen and oxygen atoms in total. The number of hydrogen-bond acceptors (Lipinski definition) is 5. The Morgan fingerprint density at radius 3 is 2.67 bits per heavy atom. The number of benzene rings is 1. The number of rotatable bonds is 7. The smallest absolute Gasteiger partial charge is 0.270 e. The second kappa shape index (κ2) is 6.43. The minimum absolute atomic E-state index is 0.0962. The molecule has 100 valence electrons. The van der Waals surface area contributed by atoms with Crippen LogP contribution in [0.4, 0.5) is 5.69 Å². The lowest BCUT2D eigenvalue weighted by Gasteiger charge is -2.06. The fourth-order valence-corrected chi connectivity index (χ4v) is 2.43. The Morgan fingerprint density at radius 1 is 1.33 bits per heavy atom. The van der Waals surface area contributed by atoms with Crippen molar-refractivity contribution in [2.24, 2.45) is 0 Å². The molecule has 0 spiro atoms. The molecule has 0 atom stereocenters. The maximum absolute atomic E-state index is 11.8. The van der Waals surface area contributed by atoms with E-state index in [9.17, 15) is 18.5 Å². The molecule has 2 N–H and O–H groups in total. The van der Waals surface area contributed by atoms with Crippen LogP contribution in [0.1, 0.15) is 6.42 Å². The quantitative estimate of drug-likeness (QED) is 0.427. The van der Waals surface area contributed by atoms with Crippen molar-refractivity contribution in [3.8, 4) is 0 Å². The number of sulfonamides is 1. The fourth-order valence-electron chi connectivity index (χ4n) is 1.32. The molecule has 1 aromatic rings. The molecule has 0 amide bonds. The first-order valence-corrected chi connectivity index (χ1v) is 6.84. The topological polar surface area (TPSA) is 101 Å². The van der Waals surface area contributed by atoms with Crippen molar-refractivity contribution < 1.29 is 13.3 Å². The van der Waals surface area contributed by atoms with E-state index in [-0.39, 0.29) is 17.1 Å². The number of nitrogens with one attached hydrogen (secondary N) is 2. The molecule has 0 aromatic heterocycles. The predicted molar refractivity (Wildman–Crippen MR) is 66.8 cm³/mol. The molecule has 0 aliphatic carbocycles. The van der Waals surface area contributed by atoms with Gasteiger partial charge in [0.05, 0.1) is 9.82 Å². The van der Waals surface area contributed by atoms with Crippen LogP contribution in [0.15, 0.2) is 29.2 Å². The summed E-state index contributed by atoms with van der Waals surface area (Å²) < 4.78 is 26.0. The summed E-state index contributed by atoms with van der Waals surface area (Å²) >= 11 is 0. The molecule has 0 radical (unpaired) electrons. The average molecular weight is 273 g/mol. The molecular formula is C10H15N3O4S. The highest BCUT2D eigenvalue weighted by Crippen LogP contribution is 2.16. The lowest BCUT2D eigenvalue weighted by atomic mass is 10.3. The lowest BCUT2D eigenvalue weighted by molar-refractivity contribution is -0.385. The Hall–Kier alpha value is -1.51. The van der Waals surface area contributed by atoms with Gasteiger partial charge in [-0.05, 0) is 26.1 Å². The number of non-ortho nitro benzene ring substituents is 1. The molecule has 0 saturated carbocycles. The summed E-state index contributed by atoms with van der Waals surface area (Å²) in [7, 11) is -1.91. The highest BCUT2D eigenvalue weighted by atomic mass is 32.2. The molecule has 0 aliphatic heterocycles. The van der Waals surface area contributed by atoms with Gasteiger partial charge in [-0.25, -0.2) is 13.1 Å². The molecule has 18 heavy (non-hydrogen) atoms. The lowest BCUT2D eigenvalue weighted by Crippen LogP contribution is -2.26. The van der Waals surface area contributed by atoms with Crippen LogP contribution in [-0.2, 0) is 10.0 Å². The van der Waals surface area contributed by atoms with Gasteiger partial charge in [-0.1, -0.05) is 6.07 Å². The van der Waals surface area contributed by atoms with Gasteiger partial charge < -0.3 is 5.32 Å². The monoisotopic (exact) mass is 273 g/mol. The van der Waals surface area contributed by atoms with Gasteiger partial charge in [0.1, 0.15) is 0 Å². The highest BCUT2D eigenvalue weighted by Gasteiger charge is 2.16. The summed E-state index contributed by atoms with van der Waals surface area (Å²) in [5.41, 5.74) is -0.243. The first-order chi connectivity index (χ1) is 8.47. The van der Waals surface area contributed by atoms with Crippen molar-refractivity contribution in [1.82, 2.24) is 10.0 Å². The first-order valence-electron chi connectivity index (χ1n) is 5.36. The van der Waals surface area contributed by atoms with Crippen LogP contribution in [0.2, 0.25) is 0 Å². The van der Waals surface area contributed by atoms with Crippen LogP contribution in [0, 0.1) is 10.1 Å². The Balaban J connectivity index is 2.78. The van der Waals surface area contributed by atoms with Crippen molar-refractivity contribution in [2.75, 3.05) is 20.1 Å². The second-order valence-corrected chi connectivity index (χ2v) is 5.38. The van der Waals surface area contributed by atoms with Crippen LogP contribution in [-0.4, -0.2) is 33.5 Å². The zero-order chi connectivity index (χ0) is 13.6. The van der Waals surface area contributed by atoms with Crippen molar-refractivity contribution in [2.45, 2.75) is 11.3 Å². The van der Waals surface area contributed by atoms with E-state index in [2.05, 4.69) is 10.0 Å². The van der Waals surface area contributed by atoms with Crippen molar-refractivity contribution in [1.29, 1.82) is 0 Å². The Bertz CT molecular complexity index is 516. The third kappa shape index (κ3) is 4.06. The zero-order valence-corrected chi connectivity index (χ0v) is 10.7. The standard InChI is InChI=1S/C10H15N3O4S/c1-11-6-3-7-12-18(16,17)10-5-2-4-9(8-10)13(14)15/h2,4-5,8,11-12H,3,6-7H2,1H3. The largest absolute Gasteiger partial charge is 0.320 e. The number of nitrogens with zero attached hydrogens (tertiary/aromatic N) is 1. The Kier molecular flexibility index (Phi) is 5.20. The van der Waals surface area contributed by atoms with Crippen LogP contribution in [0.25, 0.3) is 0 Å². The van der Waals surface area contributed by atoms with E-state index in [0.717, 1.165) is 6.07 Å². The first kappa shape index (κ1) is 14.6. The summed E-state index contributed by atoms with van der Waals surface area (Å²) in [5, 5.41) is 13.5. The van der Waals surface area contributed by atoms with Gasteiger partial charge in [-0.3, -0.25) is 10.1 Å². The molecule has 0 bridgehead atoms. The maximum atomic E-state index is 11.8. The van der Waals surface area contributed by atoms with Gasteiger partial charge in [0.2, 0.25) is 10.0 Å². The minimum atomic E-state index is -3.68. The van der Waals surface area contributed by atoms with Gasteiger partial charge in [0, 0.05) is 18.7 Å². The Labute approximate surface area is 105 Å². The van der Waals surface area contributed by atoms with E-state index >= 15 is 0 Å². The van der Waals surface area contributed by atoms with E-state index in [1.807, 2.05) is 0 Å². The normalized spacial score (nSPS) is 11.4. The molecule has 1 rings (SSSR count). The van der Waals surface area contributed by atoms with Crippen LogP contribution >= 0.6 is 0 Å². The van der Waals surface area contributed by atoms with Crippen molar-refractivity contribution in [3.63, 3.8) is 0 Å². The molecule has 0 aliphatic rings. The summed E-state index contributed by atoms with van der Waals surface area (Å²) in [6, 6.07) is 4.97. The average Bonchev–Trinajstić information content (AvgIpc) is 2.35. The third-order valence-electron chi connectivity index (χ3n) is 2.23. The van der Waals surface area contributed by atoms with Gasteiger partial charge in [-0.15, -0.1) is 0 Å². The van der Waals surface area contributed by atoms with E-state index in [4.69, 9.17) is 0 Å². The SMILES string of the molecule is CNCCCNS(=O)(=O)c1cccc([N+](=O)[O-])c1. The van der Waals surface area contributed by atoms with Gasteiger partial charge in [0.25, 0.3) is 5.69 Å². The molecule has 1 aromatic carbocycles. The molecule has 0 fully saturated rings. The molecule has 0 unspecified atom stereocenters. The fraction of sp³-hybridized carbons (Fsp3) is 0.400. The number of nitro groups is 1. The summed E-state index contributed by atoms with van der Waals surface area (Å²) in [6.45, 7) is 0.976. The van der Waals surface area contributed by atoms with Crippen molar-refractivity contribution in [3.05, 3.63) is 34.4 Å². The van der Waals surface area contributed by atoms with E-state index in [1.54, 1.807) is 7.05 Å². The van der Waals surface area contributed by atoms with Gasteiger partial charge in [-0.2, -0.15) is 0 Å². The minimum Gasteiger partial charge on any atom is -0.320 e. The molecule has 0 saturated heterocycles. The van der Waals surface area contributed by atoms with Crippen LogP contribution in [0.3, 0.4) is 0 Å². The van der Waals surface area contributed by atoms with E-state index < -0.39 is 14.9 Å². The predicted octanol–water partition coefficient (Wildman–Crippen LogP) is 0.483. The molecule has 0 heterocycles. The summed E-state index contributed by atoms with van der Waals surface area (Å²) in [5.74, 6) is 0. The van der Waals surface area contributed by atoms with Crippen molar-refractivity contribution >= 4 is 15.7 Å². The number of nitro benzene ring substituents is 1. The van der Waals surface area contributed by atoms with Gasteiger partial charge >= 0.3 is 0 Å². The third-order valence-corrected chi connectivity index (χ3v) is 3.69. The zero-order valence-electron chi connectivity index (χ0n) is 9.92. The summed E-state index contributed by atoms with van der Waals surface area (Å²) in [4.78, 5) is 9.84. The number of hydrogen-bond donors (Lipinski definition) is 2. The molecule has 8 heteroatoms. The maximum Gasteiger partial charge on any atom is 0.270 e. The highest BCUT2D eigenvalue weighted by molar-refractivity contribution is 7.89. The van der Waals surface area contributed by atoms with Crippen LogP contribution in [0.5, 0.6) is 0 Å². The summed E-state index contributed by atoms with van der Waals surface area (Å²) in [6.07, 6.45) is 0.644. The van der Waals surface area contributed by atoms with E-state index in [0.29, 0.717) is 13.0 Å². The molecular weight excluding hydrogens is 258 g/mol. The Morgan fingerprint density at radius 2 is 2.06 bits per heavy atom. The van der Waals surface area contributed by atoms with E-state index in [1.165, 1.54) is 18.2 Å². The van der Waals surface area contributed by atoms with Gasteiger partial charge in [0.15, 0.2) is 0 Å². The van der Waals surface area contributed by atoms with Crippen LogP contribution < -0.4 is 10.0 Å². The second-order valence-electron chi connectivity index (χ2n) is 3.61.